The number of hydrogen-bond donors (Lipinski definition) is 3. The van der Waals surface area contributed by atoms with Gasteiger partial charge < -0.3 is 14.5 Å². The summed E-state index contributed by atoms with van der Waals surface area (Å²) in [6.45, 7) is 0. The van der Waals surface area contributed by atoms with Gasteiger partial charge in [0.15, 0.2) is 11.6 Å². The summed E-state index contributed by atoms with van der Waals surface area (Å²) in [6, 6.07) is 13.4. The van der Waals surface area contributed by atoms with Gasteiger partial charge in [-0.15, -0.1) is 0 Å². The number of carboxylic acids is 1. The number of aromatic carboxylic acids is 1. The molecule has 0 radical (unpaired) electrons. The third kappa shape index (κ3) is 3.27. The minimum Gasteiger partial charge on any atom is -0.478 e. The minimum atomic E-state index is -3.86. The molecule has 0 spiro atoms. The number of carboxylic acid groups (broad SMARTS) is 1. The number of nitrogens with zero attached hydrogens (tertiary/aromatic N) is 1. The highest BCUT2D eigenvalue weighted by atomic mass is 32.2. The van der Waals surface area contributed by atoms with Gasteiger partial charge in [-0.3, -0.25) is 4.72 Å². The van der Waals surface area contributed by atoms with E-state index in [1.807, 2.05) is 0 Å². The maximum atomic E-state index is 12.5. The van der Waals surface area contributed by atoms with Gasteiger partial charge in [0.2, 0.25) is 0 Å². The fraction of sp³-hybridized carbons (Fsp3) is 0. The standard InChI is InChI=1S/C18H13N3O5S/c22-18(23)11-3-6-13(7-4-11)27(24,25)21-12-5-8-14-15(10-12)20-17(19-14)16-2-1-9-26-16/h1-10,21H,(H,19,20)(H,22,23). The van der Waals surface area contributed by atoms with Crippen molar-refractivity contribution >= 4 is 32.7 Å². The third-order valence-corrected chi connectivity index (χ3v) is 5.30. The summed E-state index contributed by atoms with van der Waals surface area (Å²) in [7, 11) is -3.86. The molecule has 4 aromatic rings. The Hall–Kier alpha value is -3.59. The number of anilines is 1. The molecule has 0 saturated heterocycles. The predicted octanol–water partition coefficient (Wildman–Crippen LogP) is 3.32. The van der Waals surface area contributed by atoms with E-state index in [1.54, 1.807) is 30.3 Å². The number of H-pyrrole nitrogens is 1. The third-order valence-electron chi connectivity index (χ3n) is 3.90. The SMILES string of the molecule is O=C(O)c1ccc(S(=O)(=O)Nc2ccc3nc(-c4ccco4)[nH]c3c2)cc1. The largest absolute Gasteiger partial charge is 0.478 e. The highest BCUT2D eigenvalue weighted by molar-refractivity contribution is 7.92. The summed E-state index contributed by atoms with van der Waals surface area (Å²) in [5.41, 5.74) is 1.66. The van der Waals surface area contributed by atoms with E-state index >= 15 is 0 Å². The zero-order chi connectivity index (χ0) is 19.0. The van der Waals surface area contributed by atoms with Gasteiger partial charge >= 0.3 is 5.97 Å². The number of benzene rings is 2. The summed E-state index contributed by atoms with van der Waals surface area (Å²) < 4.78 is 32.8. The predicted molar refractivity (Wildman–Crippen MR) is 98.0 cm³/mol. The topological polar surface area (TPSA) is 125 Å². The molecule has 2 aromatic carbocycles. The van der Waals surface area contributed by atoms with Crippen LogP contribution < -0.4 is 4.72 Å². The molecule has 8 nitrogen and oxygen atoms in total. The average molecular weight is 383 g/mol. The van der Waals surface area contributed by atoms with Crippen LogP contribution in [0.5, 0.6) is 0 Å². The molecule has 0 unspecified atom stereocenters. The quantitative estimate of drug-likeness (QED) is 0.485. The molecule has 3 N–H and O–H groups in total. The van der Waals surface area contributed by atoms with Gasteiger partial charge in [0.05, 0.1) is 33.4 Å². The van der Waals surface area contributed by atoms with E-state index < -0.39 is 16.0 Å². The van der Waals surface area contributed by atoms with Crippen molar-refractivity contribution in [1.82, 2.24) is 9.97 Å². The second-order valence-electron chi connectivity index (χ2n) is 5.73. The van der Waals surface area contributed by atoms with Crippen LogP contribution in [0.2, 0.25) is 0 Å². The lowest BCUT2D eigenvalue weighted by Crippen LogP contribution is -2.13. The Kier molecular flexibility index (Phi) is 3.93. The van der Waals surface area contributed by atoms with Gasteiger partial charge in [-0.25, -0.2) is 18.2 Å². The molecule has 2 heterocycles. The molecule has 0 bridgehead atoms. The maximum absolute atomic E-state index is 12.5. The van der Waals surface area contributed by atoms with E-state index in [-0.39, 0.29) is 10.5 Å². The Balaban J connectivity index is 1.63. The van der Waals surface area contributed by atoms with Crippen LogP contribution in [-0.2, 0) is 10.0 Å². The molecule has 9 heteroatoms. The fourth-order valence-corrected chi connectivity index (χ4v) is 3.64. The molecule has 0 amide bonds. The molecule has 27 heavy (non-hydrogen) atoms. The Labute approximate surface area is 153 Å². The smallest absolute Gasteiger partial charge is 0.335 e. The van der Waals surface area contributed by atoms with Crippen molar-refractivity contribution in [1.29, 1.82) is 0 Å². The Bertz CT molecular complexity index is 1230. The Morgan fingerprint density at radius 2 is 1.89 bits per heavy atom. The first-order valence-electron chi connectivity index (χ1n) is 7.82. The number of aromatic amines is 1. The van der Waals surface area contributed by atoms with Crippen LogP contribution >= 0.6 is 0 Å². The second-order valence-corrected chi connectivity index (χ2v) is 7.41. The van der Waals surface area contributed by atoms with Crippen molar-refractivity contribution < 1.29 is 22.7 Å². The molecular weight excluding hydrogens is 370 g/mol. The molecule has 4 rings (SSSR count). The van der Waals surface area contributed by atoms with Crippen LogP contribution in [0.4, 0.5) is 5.69 Å². The Morgan fingerprint density at radius 1 is 1.11 bits per heavy atom. The number of furan rings is 1. The summed E-state index contributed by atoms with van der Waals surface area (Å²) in [6.07, 6.45) is 1.54. The van der Waals surface area contributed by atoms with Crippen LogP contribution in [0.1, 0.15) is 10.4 Å². The lowest BCUT2D eigenvalue weighted by Gasteiger charge is -2.08. The zero-order valence-electron chi connectivity index (χ0n) is 13.7. The van der Waals surface area contributed by atoms with Gasteiger partial charge in [0.1, 0.15) is 0 Å². The maximum Gasteiger partial charge on any atom is 0.335 e. The van der Waals surface area contributed by atoms with Crippen molar-refractivity contribution in [3.8, 4) is 11.6 Å². The molecule has 136 valence electrons. The van der Waals surface area contributed by atoms with E-state index in [9.17, 15) is 13.2 Å². The lowest BCUT2D eigenvalue weighted by atomic mass is 10.2. The first kappa shape index (κ1) is 16.9. The van der Waals surface area contributed by atoms with E-state index in [0.717, 1.165) is 0 Å². The van der Waals surface area contributed by atoms with E-state index in [0.29, 0.717) is 28.3 Å². The Morgan fingerprint density at radius 3 is 2.56 bits per heavy atom. The van der Waals surface area contributed by atoms with Gasteiger partial charge in [-0.1, -0.05) is 0 Å². The summed E-state index contributed by atoms with van der Waals surface area (Å²) >= 11 is 0. The molecule has 2 aromatic heterocycles. The lowest BCUT2D eigenvalue weighted by molar-refractivity contribution is 0.0696. The van der Waals surface area contributed by atoms with Gasteiger partial charge in [-0.05, 0) is 54.6 Å². The van der Waals surface area contributed by atoms with Gasteiger partial charge in [-0.2, -0.15) is 0 Å². The van der Waals surface area contributed by atoms with Crippen molar-refractivity contribution in [3.05, 3.63) is 66.4 Å². The first-order valence-corrected chi connectivity index (χ1v) is 9.30. The van der Waals surface area contributed by atoms with Crippen molar-refractivity contribution in [2.45, 2.75) is 4.90 Å². The summed E-state index contributed by atoms with van der Waals surface area (Å²) in [5.74, 6) is -0.00455. The van der Waals surface area contributed by atoms with Crippen LogP contribution in [0, 0.1) is 0 Å². The van der Waals surface area contributed by atoms with Gasteiger partial charge in [0.25, 0.3) is 10.0 Å². The number of nitrogens with one attached hydrogen (secondary N) is 2. The average Bonchev–Trinajstić information content (AvgIpc) is 3.30. The number of aromatic nitrogens is 2. The molecule has 0 aliphatic carbocycles. The first-order chi connectivity index (χ1) is 12.9. The number of fused-ring (bicyclic) bond motifs is 1. The number of rotatable bonds is 5. The normalized spacial score (nSPS) is 11.6. The summed E-state index contributed by atoms with van der Waals surface area (Å²) in [4.78, 5) is 18.3. The fourth-order valence-electron chi connectivity index (χ4n) is 2.59. The number of sulfonamides is 1. The van der Waals surface area contributed by atoms with Gasteiger partial charge in [0, 0.05) is 0 Å². The monoisotopic (exact) mass is 383 g/mol. The number of imidazole rings is 1. The van der Waals surface area contributed by atoms with E-state index in [2.05, 4.69) is 14.7 Å². The zero-order valence-corrected chi connectivity index (χ0v) is 14.5. The number of carbonyl (C=O) groups is 1. The number of hydrogen-bond acceptors (Lipinski definition) is 5. The summed E-state index contributed by atoms with van der Waals surface area (Å²) in [5, 5.41) is 8.90. The van der Waals surface area contributed by atoms with Crippen molar-refractivity contribution in [3.63, 3.8) is 0 Å². The van der Waals surface area contributed by atoms with Crippen LogP contribution in [0.3, 0.4) is 0 Å². The van der Waals surface area contributed by atoms with E-state index in [4.69, 9.17) is 9.52 Å². The molecule has 0 aliphatic rings. The van der Waals surface area contributed by atoms with Crippen LogP contribution in [-0.4, -0.2) is 29.5 Å². The highest BCUT2D eigenvalue weighted by Crippen LogP contribution is 2.24. The van der Waals surface area contributed by atoms with Crippen molar-refractivity contribution in [2.75, 3.05) is 4.72 Å². The molecule has 0 aliphatic heterocycles. The van der Waals surface area contributed by atoms with E-state index in [1.165, 1.54) is 30.5 Å². The molecule has 0 saturated carbocycles. The molecule has 0 atom stereocenters. The minimum absolute atomic E-state index is 0.0123. The second kappa shape index (κ2) is 6.29. The molecule has 0 fully saturated rings. The highest BCUT2D eigenvalue weighted by Gasteiger charge is 2.16. The molecular formula is C18H13N3O5S. The van der Waals surface area contributed by atoms with Crippen molar-refractivity contribution in [2.24, 2.45) is 0 Å². The van der Waals surface area contributed by atoms with Crippen LogP contribution in [0.15, 0.2) is 70.2 Å². The van der Waals surface area contributed by atoms with Crippen LogP contribution in [0.25, 0.3) is 22.6 Å².